The Hall–Kier alpha value is -0.650. The van der Waals surface area contributed by atoms with Crippen LogP contribution in [0.25, 0.3) is 0 Å². The van der Waals surface area contributed by atoms with Gasteiger partial charge in [-0.3, -0.25) is 0 Å². The SMILES string of the molecule is CN1CCN(c2nc(C(C)(C)C)c(CO)s2)CC1. The highest BCUT2D eigenvalue weighted by Gasteiger charge is 2.25. The highest BCUT2D eigenvalue weighted by atomic mass is 32.1. The van der Waals surface area contributed by atoms with Gasteiger partial charge in [0.2, 0.25) is 0 Å². The number of likely N-dealkylation sites (N-methyl/N-ethyl adjacent to an activating group) is 1. The summed E-state index contributed by atoms with van der Waals surface area (Å²) in [5.41, 5.74) is 1.04. The minimum Gasteiger partial charge on any atom is -0.391 e. The third-order valence-electron chi connectivity index (χ3n) is 3.31. The molecule has 0 spiro atoms. The monoisotopic (exact) mass is 269 g/mol. The number of piperazine rings is 1. The molecular formula is C13H23N3OS. The number of aliphatic hydroxyl groups is 1. The maximum atomic E-state index is 9.48. The third kappa shape index (κ3) is 2.84. The summed E-state index contributed by atoms with van der Waals surface area (Å²) in [6, 6.07) is 0. The molecule has 2 rings (SSSR count). The number of anilines is 1. The average Bonchev–Trinajstić information content (AvgIpc) is 2.73. The fourth-order valence-corrected chi connectivity index (χ4v) is 3.35. The first-order valence-corrected chi connectivity index (χ1v) is 7.28. The average molecular weight is 269 g/mol. The number of hydrogen-bond donors (Lipinski definition) is 1. The normalized spacial score (nSPS) is 18.4. The lowest BCUT2D eigenvalue weighted by atomic mass is 9.91. The van der Waals surface area contributed by atoms with Crippen molar-refractivity contribution in [2.45, 2.75) is 32.8 Å². The second-order valence-electron chi connectivity index (χ2n) is 5.97. The lowest BCUT2D eigenvalue weighted by Crippen LogP contribution is -2.44. The minimum atomic E-state index is -0.000603. The molecule has 0 aliphatic carbocycles. The highest BCUT2D eigenvalue weighted by Crippen LogP contribution is 2.34. The van der Waals surface area contributed by atoms with Gasteiger partial charge in [0.05, 0.1) is 17.2 Å². The smallest absolute Gasteiger partial charge is 0.185 e. The van der Waals surface area contributed by atoms with Crippen LogP contribution in [0.15, 0.2) is 0 Å². The zero-order chi connectivity index (χ0) is 13.3. The van der Waals surface area contributed by atoms with E-state index in [2.05, 4.69) is 37.6 Å². The van der Waals surface area contributed by atoms with Crippen LogP contribution in [0.2, 0.25) is 0 Å². The number of hydrogen-bond acceptors (Lipinski definition) is 5. The number of nitrogens with zero attached hydrogens (tertiary/aromatic N) is 3. The lowest BCUT2D eigenvalue weighted by Gasteiger charge is -2.32. The highest BCUT2D eigenvalue weighted by molar-refractivity contribution is 7.15. The Kier molecular flexibility index (Phi) is 3.94. The Labute approximate surface area is 113 Å². The molecule has 4 nitrogen and oxygen atoms in total. The summed E-state index contributed by atoms with van der Waals surface area (Å²) in [5, 5.41) is 10.5. The van der Waals surface area contributed by atoms with Crippen molar-refractivity contribution in [2.75, 3.05) is 38.1 Å². The van der Waals surface area contributed by atoms with Crippen molar-refractivity contribution in [3.05, 3.63) is 10.6 Å². The molecule has 0 amide bonds. The van der Waals surface area contributed by atoms with Gasteiger partial charge in [-0.15, -0.1) is 0 Å². The summed E-state index contributed by atoms with van der Waals surface area (Å²) >= 11 is 1.64. The maximum absolute atomic E-state index is 9.48. The molecule has 102 valence electrons. The van der Waals surface area contributed by atoms with E-state index in [1.165, 1.54) is 0 Å². The molecule has 1 aliphatic heterocycles. The standard InChI is InChI=1S/C13H23N3OS/c1-13(2,3)11-10(9-17)18-12(14-11)16-7-5-15(4)6-8-16/h17H,5-9H2,1-4H3. The summed E-state index contributed by atoms with van der Waals surface area (Å²) in [6.07, 6.45) is 0. The lowest BCUT2D eigenvalue weighted by molar-refractivity contribution is 0.282. The van der Waals surface area contributed by atoms with Gasteiger partial charge >= 0.3 is 0 Å². The molecule has 0 unspecified atom stereocenters. The predicted molar refractivity (Wildman–Crippen MR) is 76.4 cm³/mol. The molecular weight excluding hydrogens is 246 g/mol. The van der Waals surface area contributed by atoms with Crippen molar-refractivity contribution in [1.29, 1.82) is 0 Å². The Morgan fingerprint density at radius 3 is 2.28 bits per heavy atom. The molecule has 5 heteroatoms. The van der Waals surface area contributed by atoms with E-state index in [1.54, 1.807) is 11.3 Å². The van der Waals surface area contributed by atoms with Gasteiger partial charge in [0.25, 0.3) is 0 Å². The number of aliphatic hydroxyl groups excluding tert-OH is 1. The van der Waals surface area contributed by atoms with Gasteiger partial charge in [-0.2, -0.15) is 0 Å². The van der Waals surface area contributed by atoms with E-state index >= 15 is 0 Å². The molecule has 18 heavy (non-hydrogen) atoms. The summed E-state index contributed by atoms with van der Waals surface area (Å²) in [7, 11) is 2.15. The molecule has 0 bridgehead atoms. The number of aromatic nitrogens is 1. The summed E-state index contributed by atoms with van der Waals surface area (Å²) < 4.78 is 0. The Bertz CT molecular complexity index is 403. The van der Waals surface area contributed by atoms with Gasteiger partial charge in [-0.1, -0.05) is 32.1 Å². The van der Waals surface area contributed by atoms with Crippen LogP contribution in [-0.2, 0) is 12.0 Å². The van der Waals surface area contributed by atoms with E-state index < -0.39 is 0 Å². The maximum Gasteiger partial charge on any atom is 0.185 e. The molecule has 0 radical (unpaired) electrons. The van der Waals surface area contributed by atoms with Gasteiger partial charge < -0.3 is 14.9 Å². The van der Waals surface area contributed by atoms with Crippen molar-refractivity contribution in [3.63, 3.8) is 0 Å². The van der Waals surface area contributed by atoms with Crippen LogP contribution in [0, 0.1) is 0 Å². The molecule has 0 aromatic carbocycles. The van der Waals surface area contributed by atoms with E-state index in [-0.39, 0.29) is 12.0 Å². The largest absolute Gasteiger partial charge is 0.391 e. The van der Waals surface area contributed by atoms with Crippen LogP contribution >= 0.6 is 11.3 Å². The molecule has 1 aliphatic rings. The first kappa shape index (κ1) is 13.8. The van der Waals surface area contributed by atoms with E-state index in [0.717, 1.165) is 41.9 Å². The van der Waals surface area contributed by atoms with Gasteiger partial charge in [0, 0.05) is 31.6 Å². The van der Waals surface area contributed by atoms with Gasteiger partial charge in [0.1, 0.15) is 0 Å². The first-order chi connectivity index (χ1) is 8.41. The second-order valence-corrected chi connectivity index (χ2v) is 7.03. The summed E-state index contributed by atoms with van der Waals surface area (Å²) in [5.74, 6) is 0. The van der Waals surface area contributed by atoms with E-state index in [1.807, 2.05) is 0 Å². The quantitative estimate of drug-likeness (QED) is 0.887. The van der Waals surface area contributed by atoms with Crippen molar-refractivity contribution in [2.24, 2.45) is 0 Å². The van der Waals surface area contributed by atoms with Crippen LogP contribution in [-0.4, -0.2) is 48.2 Å². The van der Waals surface area contributed by atoms with E-state index in [0.29, 0.717) is 0 Å². The van der Waals surface area contributed by atoms with Crippen LogP contribution < -0.4 is 4.90 Å². The van der Waals surface area contributed by atoms with Crippen LogP contribution in [0.3, 0.4) is 0 Å². The molecule has 1 fully saturated rings. The van der Waals surface area contributed by atoms with E-state index in [9.17, 15) is 5.11 Å². The van der Waals surface area contributed by atoms with E-state index in [4.69, 9.17) is 4.98 Å². The fraction of sp³-hybridized carbons (Fsp3) is 0.769. The van der Waals surface area contributed by atoms with Gasteiger partial charge in [0.15, 0.2) is 5.13 Å². The Morgan fingerprint density at radius 1 is 1.22 bits per heavy atom. The second kappa shape index (κ2) is 5.15. The molecule has 0 saturated carbocycles. The fourth-order valence-electron chi connectivity index (χ4n) is 2.17. The zero-order valence-corrected chi connectivity index (χ0v) is 12.5. The topological polar surface area (TPSA) is 39.6 Å². The summed E-state index contributed by atoms with van der Waals surface area (Å²) in [4.78, 5) is 10.4. The molecule has 1 aromatic rings. The van der Waals surface area contributed by atoms with Crippen molar-refractivity contribution in [3.8, 4) is 0 Å². The molecule has 1 saturated heterocycles. The number of thiazole rings is 1. The van der Waals surface area contributed by atoms with Crippen molar-refractivity contribution in [1.82, 2.24) is 9.88 Å². The Balaban J connectivity index is 2.22. The van der Waals surface area contributed by atoms with Crippen LogP contribution in [0.1, 0.15) is 31.3 Å². The first-order valence-electron chi connectivity index (χ1n) is 6.46. The molecule has 1 N–H and O–H groups in total. The van der Waals surface area contributed by atoms with Crippen molar-refractivity contribution >= 4 is 16.5 Å². The third-order valence-corrected chi connectivity index (χ3v) is 4.41. The van der Waals surface area contributed by atoms with Crippen molar-refractivity contribution < 1.29 is 5.11 Å². The Morgan fingerprint density at radius 2 is 1.83 bits per heavy atom. The van der Waals surface area contributed by atoms with Crippen LogP contribution in [0.4, 0.5) is 5.13 Å². The predicted octanol–water partition coefficient (Wildman–Crippen LogP) is 1.68. The van der Waals surface area contributed by atoms with Gasteiger partial charge in [-0.05, 0) is 7.05 Å². The minimum absolute atomic E-state index is 0.000603. The molecule has 0 atom stereocenters. The molecule has 2 heterocycles. The van der Waals surface area contributed by atoms with Crippen LogP contribution in [0.5, 0.6) is 0 Å². The zero-order valence-electron chi connectivity index (χ0n) is 11.7. The van der Waals surface area contributed by atoms with Gasteiger partial charge in [-0.25, -0.2) is 4.98 Å². The molecule has 1 aromatic heterocycles. The summed E-state index contributed by atoms with van der Waals surface area (Å²) in [6.45, 7) is 10.8. The number of rotatable bonds is 2.